The van der Waals surface area contributed by atoms with Crippen LogP contribution in [0.4, 0.5) is 4.79 Å². The molecule has 140 valence electrons. The number of hydrogen-bond acceptors (Lipinski definition) is 6. The fraction of sp³-hybridized carbons (Fsp3) is 0.529. The van der Waals surface area contributed by atoms with Crippen molar-refractivity contribution in [1.82, 2.24) is 5.32 Å². The summed E-state index contributed by atoms with van der Waals surface area (Å²) in [6.45, 7) is 5.21. The van der Waals surface area contributed by atoms with Gasteiger partial charge in [-0.2, -0.15) is 0 Å². The number of amides is 1. The van der Waals surface area contributed by atoms with Gasteiger partial charge in [0.15, 0.2) is 5.84 Å². The second-order valence-corrected chi connectivity index (χ2v) is 7.20. The van der Waals surface area contributed by atoms with E-state index in [2.05, 4.69) is 10.5 Å². The van der Waals surface area contributed by atoms with Gasteiger partial charge in [0.25, 0.3) is 0 Å². The number of hydrogen-bond donors (Lipinski definition) is 3. The average Bonchev–Trinajstić information content (AvgIpc) is 2.53. The molecule has 8 heteroatoms. The third-order valence-electron chi connectivity index (χ3n) is 3.00. The number of oxime groups is 1. The largest absolute Gasteiger partial charge is 0.444 e. The number of nitrogens with two attached hydrogens (primary N) is 1. The van der Waals surface area contributed by atoms with E-state index in [0.29, 0.717) is 6.42 Å². The maximum Gasteiger partial charge on any atom is 0.408 e. The van der Waals surface area contributed by atoms with Crippen molar-refractivity contribution in [1.29, 1.82) is 0 Å². The third-order valence-corrected chi connectivity index (χ3v) is 3.74. The van der Waals surface area contributed by atoms with Crippen molar-refractivity contribution in [3.63, 3.8) is 0 Å². The number of ether oxygens (including phenoxy) is 1. The number of aliphatic hydroxyl groups is 1. The van der Waals surface area contributed by atoms with Crippen molar-refractivity contribution < 1.29 is 19.5 Å². The van der Waals surface area contributed by atoms with Crippen molar-refractivity contribution in [2.24, 2.45) is 10.9 Å². The van der Waals surface area contributed by atoms with Crippen molar-refractivity contribution in [3.8, 4) is 0 Å². The van der Waals surface area contributed by atoms with Crippen LogP contribution in [0.2, 0.25) is 0 Å². The Hall–Kier alpha value is -1.93. The summed E-state index contributed by atoms with van der Waals surface area (Å²) in [5.74, 6) is 0.105. The van der Waals surface area contributed by atoms with E-state index in [1.807, 2.05) is 30.5 Å². The van der Waals surface area contributed by atoms with Gasteiger partial charge in [-0.3, -0.25) is 0 Å². The van der Waals surface area contributed by atoms with Crippen LogP contribution in [-0.2, 0) is 16.0 Å². The van der Waals surface area contributed by atoms with Gasteiger partial charge < -0.3 is 25.7 Å². The molecule has 0 saturated carbocycles. The van der Waals surface area contributed by atoms with Crippen LogP contribution in [0.5, 0.6) is 0 Å². The van der Waals surface area contributed by atoms with Gasteiger partial charge in [0.05, 0.1) is 12.6 Å². The van der Waals surface area contributed by atoms with Crippen LogP contribution in [0.3, 0.4) is 0 Å². The molecule has 0 aromatic heterocycles. The Kier molecular flexibility index (Phi) is 8.57. The summed E-state index contributed by atoms with van der Waals surface area (Å²) in [7, 11) is 0. The highest BCUT2D eigenvalue weighted by atomic mass is 32.2. The SMILES string of the molecule is CSc1ccc(C[C@H](NC(=O)OC(C)(C)C)/C(N)=N/OCCO)cc1. The minimum atomic E-state index is -0.617. The van der Waals surface area contributed by atoms with E-state index in [0.717, 1.165) is 10.5 Å². The van der Waals surface area contributed by atoms with E-state index in [-0.39, 0.29) is 19.0 Å². The molecule has 0 aliphatic carbocycles. The van der Waals surface area contributed by atoms with Crippen LogP contribution in [0, 0.1) is 0 Å². The second kappa shape index (κ2) is 10.1. The molecule has 1 amide bonds. The minimum absolute atomic E-state index is 0.0300. The number of rotatable bonds is 8. The number of alkyl carbamates (subject to hydrolysis) is 1. The molecule has 0 radical (unpaired) electrons. The van der Waals surface area contributed by atoms with Gasteiger partial charge in [0, 0.05) is 11.3 Å². The predicted octanol–water partition coefficient (Wildman–Crippen LogP) is 2.13. The Balaban J connectivity index is 2.85. The number of aliphatic hydroxyl groups excluding tert-OH is 1. The lowest BCUT2D eigenvalue weighted by Crippen LogP contribution is -2.47. The van der Waals surface area contributed by atoms with Gasteiger partial charge in [-0.15, -0.1) is 11.8 Å². The Bertz CT molecular complexity index is 570. The highest BCUT2D eigenvalue weighted by molar-refractivity contribution is 7.98. The van der Waals surface area contributed by atoms with Crippen LogP contribution < -0.4 is 11.1 Å². The number of carbonyl (C=O) groups is 1. The number of nitrogens with one attached hydrogen (secondary N) is 1. The van der Waals surface area contributed by atoms with Crippen molar-refractivity contribution >= 4 is 23.7 Å². The molecule has 1 atom stereocenters. The quantitative estimate of drug-likeness (QED) is 0.213. The number of benzene rings is 1. The van der Waals surface area contributed by atoms with E-state index in [4.69, 9.17) is 20.4 Å². The lowest BCUT2D eigenvalue weighted by atomic mass is 10.1. The highest BCUT2D eigenvalue weighted by Crippen LogP contribution is 2.16. The zero-order chi connectivity index (χ0) is 18.9. The molecule has 7 nitrogen and oxygen atoms in total. The van der Waals surface area contributed by atoms with E-state index in [1.165, 1.54) is 0 Å². The molecule has 0 aliphatic heterocycles. The maximum atomic E-state index is 12.1. The Morgan fingerprint density at radius 1 is 1.36 bits per heavy atom. The van der Waals surface area contributed by atoms with Crippen LogP contribution in [0.15, 0.2) is 34.3 Å². The Morgan fingerprint density at radius 2 is 2.00 bits per heavy atom. The summed E-state index contributed by atoms with van der Waals surface area (Å²) < 4.78 is 5.27. The van der Waals surface area contributed by atoms with Gasteiger partial charge in [-0.1, -0.05) is 17.3 Å². The number of thioether (sulfide) groups is 1. The molecular formula is C17H27N3O4S. The molecule has 25 heavy (non-hydrogen) atoms. The van der Waals surface area contributed by atoms with Crippen LogP contribution in [-0.4, -0.2) is 48.1 Å². The highest BCUT2D eigenvalue weighted by Gasteiger charge is 2.22. The first kappa shape index (κ1) is 21.1. The molecule has 1 rings (SSSR count). The molecule has 1 aromatic rings. The fourth-order valence-corrected chi connectivity index (χ4v) is 2.31. The lowest BCUT2D eigenvalue weighted by molar-refractivity contribution is 0.0515. The number of carbonyl (C=O) groups excluding carboxylic acids is 1. The zero-order valence-electron chi connectivity index (χ0n) is 15.1. The standard InChI is InChI=1S/C17H27N3O4S/c1-17(2,3)24-16(22)19-14(15(18)20-23-10-9-21)11-12-5-7-13(25-4)8-6-12/h5-8,14,21H,9-11H2,1-4H3,(H2,18,20)(H,19,22)/t14-/m0/s1. The topological polar surface area (TPSA) is 106 Å². The van der Waals surface area contributed by atoms with E-state index in [9.17, 15) is 4.79 Å². The molecule has 0 aliphatic rings. The van der Waals surface area contributed by atoms with Crippen LogP contribution in [0.1, 0.15) is 26.3 Å². The molecule has 0 saturated heterocycles. The van der Waals surface area contributed by atoms with Gasteiger partial charge in [-0.05, 0) is 44.7 Å². The summed E-state index contributed by atoms with van der Waals surface area (Å²) in [5.41, 5.74) is 6.31. The smallest absolute Gasteiger partial charge is 0.408 e. The van der Waals surface area contributed by atoms with Gasteiger partial charge in [0.2, 0.25) is 0 Å². The first-order valence-corrected chi connectivity index (χ1v) is 9.16. The molecule has 4 N–H and O–H groups in total. The summed E-state index contributed by atoms with van der Waals surface area (Å²) >= 11 is 1.65. The molecule has 0 bridgehead atoms. The van der Waals surface area contributed by atoms with E-state index in [1.54, 1.807) is 32.5 Å². The van der Waals surface area contributed by atoms with Crippen molar-refractivity contribution in [2.45, 2.75) is 43.7 Å². The summed E-state index contributed by atoms with van der Waals surface area (Å²) in [6, 6.07) is 7.35. The fourth-order valence-electron chi connectivity index (χ4n) is 1.90. The predicted molar refractivity (Wildman–Crippen MR) is 99.7 cm³/mol. The third kappa shape index (κ3) is 8.64. The number of nitrogens with zero attached hydrogens (tertiary/aromatic N) is 1. The summed E-state index contributed by atoms with van der Waals surface area (Å²) in [4.78, 5) is 18.1. The Labute approximate surface area is 152 Å². The minimum Gasteiger partial charge on any atom is -0.444 e. The summed E-state index contributed by atoms with van der Waals surface area (Å²) in [5, 5.41) is 15.2. The monoisotopic (exact) mass is 369 g/mol. The van der Waals surface area contributed by atoms with Crippen molar-refractivity contribution in [3.05, 3.63) is 29.8 Å². The van der Waals surface area contributed by atoms with Gasteiger partial charge in [0.1, 0.15) is 12.2 Å². The second-order valence-electron chi connectivity index (χ2n) is 6.32. The molecule has 0 spiro atoms. The van der Waals surface area contributed by atoms with Crippen LogP contribution >= 0.6 is 11.8 Å². The zero-order valence-corrected chi connectivity index (χ0v) is 15.9. The molecule has 0 heterocycles. The lowest BCUT2D eigenvalue weighted by Gasteiger charge is -2.23. The molecule has 0 fully saturated rings. The maximum absolute atomic E-state index is 12.1. The van der Waals surface area contributed by atoms with Gasteiger partial charge in [-0.25, -0.2) is 4.79 Å². The van der Waals surface area contributed by atoms with Crippen molar-refractivity contribution in [2.75, 3.05) is 19.5 Å². The Morgan fingerprint density at radius 3 is 2.52 bits per heavy atom. The molecule has 0 unspecified atom stereocenters. The van der Waals surface area contributed by atoms with E-state index >= 15 is 0 Å². The first-order valence-electron chi connectivity index (χ1n) is 7.94. The normalized spacial score (nSPS) is 13.2. The first-order chi connectivity index (χ1) is 11.7. The molecular weight excluding hydrogens is 342 g/mol. The van der Waals surface area contributed by atoms with Gasteiger partial charge >= 0.3 is 6.09 Å². The molecule has 1 aromatic carbocycles. The van der Waals surface area contributed by atoms with E-state index < -0.39 is 17.7 Å². The van der Waals surface area contributed by atoms with Crippen LogP contribution in [0.25, 0.3) is 0 Å². The average molecular weight is 369 g/mol. The summed E-state index contributed by atoms with van der Waals surface area (Å²) in [6.07, 6.45) is 1.86. The number of amidine groups is 1.